The van der Waals surface area contributed by atoms with Gasteiger partial charge in [-0.2, -0.15) is 0 Å². The van der Waals surface area contributed by atoms with Gasteiger partial charge in [-0.05, 0) is 37.1 Å². The van der Waals surface area contributed by atoms with Crippen LogP contribution >= 0.6 is 0 Å². The van der Waals surface area contributed by atoms with E-state index in [1.54, 1.807) is 19.3 Å². The summed E-state index contributed by atoms with van der Waals surface area (Å²) in [6.45, 7) is 0.724. The molecule has 4 rings (SSSR count). The molecule has 6 heteroatoms. The number of aromatic nitrogens is 3. The maximum atomic E-state index is 12.8. The Kier molecular flexibility index (Phi) is 4.39. The lowest BCUT2D eigenvalue weighted by Crippen LogP contribution is -2.30. The Morgan fingerprint density at radius 3 is 2.92 bits per heavy atom. The van der Waals surface area contributed by atoms with E-state index in [9.17, 15) is 4.79 Å². The summed E-state index contributed by atoms with van der Waals surface area (Å²) in [5.74, 6) is 1.54. The highest BCUT2D eigenvalue weighted by Gasteiger charge is 2.32. The second-order valence-corrected chi connectivity index (χ2v) is 6.25. The number of hydrogen-bond donors (Lipinski definition) is 0. The second kappa shape index (κ2) is 7.00. The van der Waals surface area contributed by atoms with Crippen LogP contribution < -0.4 is 4.74 Å². The third-order valence-corrected chi connectivity index (χ3v) is 4.72. The molecule has 3 aromatic rings. The lowest BCUT2D eigenvalue weighted by molar-refractivity contribution is -0.127. The van der Waals surface area contributed by atoms with Gasteiger partial charge in [-0.15, -0.1) is 10.2 Å². The van der Waals surface area contributed by atoms with E-state index >= 15 is 0 Å². The number of carbonyl (C=O) groups is 1. The molecule has 1 amide bonds. The molecule has 0 bridgehead atoms. The van der Waals surface area contributed by atoms with Gasteiger partial charge in [0, 0.05) is 24.4 Å². The van der Waals surface area contributed by atoms with Crippen molar-refractivity contribution in [3.8, 4) is 5.75 Å². The summed E-state index contributed by atoms with van der Waals surface area (Å²) in [7, 11) is 1.63. The summed E-state index contributed by atoms with van der Waals surface area (Å²) in [5.41, 5.74) is 1.68. The van der Waals surface area contributed by atoms with Crippen molar-refractivity contribution in [2.45, 2.75) is 18.9 Å². The van der Waals surface area contributed by atoms with E-state index in [1.807, 2.05) is 58.0 Å². The average molecular weight is 348 g/mol. The average Bonchev–Trinajstić information content (AvgIpc) is 3.32. The van der Waals surface area contributed by atoms with E-state index in [2.05, 4.69) is 10.2 Å². The van der Waals surface area contributed by atoms with E-state index < -0.39 is 0 Å². The highest BCUT2D eigenvalue weighted by atomic mass is 16.5. The minimum atomic E-state index is -0.0535. The van der Waals surface area contributed by atoms with Gasteiger partial charge in [0.2, 0.25) is 5.91 Å². The lowest BCUT2D eigenvalue weighted by Gasteiger charge is -2.22. The molecule has 1 aliphatic rings. The van der Waals surface area contributed by atoms with Crippen LogP contribution in [0.25, 0.3) is 11.7 Å². The molecule has 0 radical (unpaired) electrons. The molecule has 0 aliphatic carbocycles. The van der Waals surface area contributed by atoms with Gasteiger partial charge in [0.15, 0.2) is 11.5 Å². The van der Waals surface area contributed by atoms with E-state index in [4.69, 9.17) is 4.74 Å². The number of rotatable bonds is 4. The molecule has 0 N–H and O–H groups in total. The summed E-state index contributed by atoms with van der Waals surface area (Å²) in [4.78, 5) is 14.7. The summed E-state index contributed by atoms with van der Waals surface area (Å²) in [6, 6.07) is 13.4. The molecule has 1 aliphatic heterocycles. The van der Waals surface area contributed by atoms with Gasteiger partial charge in [0.25, 0.3) is 0 Å². The zero-order valence-corrected chi connectivity index (χ0v) is 14.6. The van der Waals surface area contributed by atoms with Gasteiger partial charge in [0.05, 0.1) is 13.2 Å². The van der Waals surface area contributed by atoms with Crippen molar-refractivity contribution in [1.82, 2.24) is 19.5 Å². The Balaban J connectivity index is 1.58. The SMILES string of the molecule is COc1ccccc1C=CC(=O)N1CCCC1c1nnc2ccccn12. The first-order chi connectivity index (χ1) is 12.8. The Hall–Kier alpha value is -3.15. The number of nitrogens with zero attached hydrogens (tertiary/aromatic N) is 4. The van der Waals surface area contributed by atoms with Crippen LogP contribution in [0.4, 0.5) is 0 Å². The Bertz CT molecular complexity index is 963. The molecule has 1 aromatic carbocycles. The number of methoxy groups -OCH3 is 1. The minimum Gasteiger partial charge on any atom is -0.496 e. The normalized spacial score (nSPS) is 17.3. The number of amides is 1. The van der Waals surface area contributed by atoms with Crippen molar-refractivity contribution in [3.05, 3.63) is 66.1 Å². The second-order valence-electron chi connectivity index (χ2n) is 6.25. The highest BCUT2D eigenvalue weighted by Crippen LogP contribution is 2.31. The summed E-state index contributed by atoms with van der Waals surface area (Å²) in [5, 5.41) is 8.54. The number of pyridine rings is 1. The predicted molar refractivity (Wildman–Crippen MR) is 98.7 cm³/mol. The summed E-state index contributed by atoms with van der Waals surface area (Å²) < 4.78 is 7.29. The van der Waals surface area contributed by atoms with E-state index in [-0.39, 0.29) is 11.9 Å². The third-order valence-electron chi connectivity index (χ3n) is 4.72. The van der Waals surface area contributed by atoms with Crippen molar-refractivity contribution in [2.75, 3.05) is 13.7 Å². The minimum absolute atomic E-state index is 0.0221. The van der Waals surface area contributed by atoms with Gasteiger partial charge in [0.1, 0.15) is 5.75 Å². The monoisotopic (exact) mass is 348 g/mol. The van der Waals surface area contributed by atoms with E-state index in [1.165, 1.54) is 0 Å². The molecular formula is C20H20N4O2. The van der Waals surface area contributed by atoms with Crippen LogP contribution in [0.1, 0.15) is 30.3 Å². The molecule has 1 unspecified atom stereocenters. The van der Waals surface area contributed by atoms with Crippen molar-refractivity contribution < 1.29 is 9.53 Å². The standard InChI is InChI=1S/C20H20N4O2/c1-26-17-9-3-2-7-15(17)11-12-19(25)23-14-6-8-16(23)20-22-21-18-10-4-5-13-24(18)20/h2-5,7,9-13,16H,6,8,14H2,1H3. The number of benzene rings is 1. The third kappa shape index (κ3) is 2.94. The molecule has 132 valence electrons. The topological polar surface area (TPSA) is 59.7 Å². The van der Waals surface area contributed by atoms with Crippen LogP contribution in [0.2, 0.25) is 0 Å². The van der Waals surface area contributed by atoms with Crippen LogP contribution in [0.15, 0.2) is 54.7 Å². The van der Waals surface area contributed by atoms with Crippen LogP contribution in [0.5, 0.6) is 5.75 Å². The molecule has 3 heterocycles. The molecule has 2 aromatic heterocycles. The molecule has 26 heavy (non-hydrogen) atoms. The molecule has 0 spiro atoms. The van der Waals surface area contributed by atoms with Crippen LogP contribution in [0.3, 0.4) is 0 Å². The van der Waals surface area contributed by atoms with Crippen LogP contribution in [-0.2, 0) is 4.79 Å². The van der Waals surface area contributed by atoms with Crippen molar-refractivity contribution in [2.24, 2.45) is 0 Å². The Morgan fingerprint density at radius 2 is 2.04 bits per heavy atom. The first kappa shape index (κ1) is 16.3. The largest absolute Gasteiger partial charge is 0.496 e. The summed E-state index contributed by atoms with van der Waals surface area (Å²) in [6.07, 6.45) is 7.21. The Morgan fingerprint density at radius 1 is 1.19 bits per heavy atom. The van der Waals surface area contributed by atoms with Gasteiger partial charge in [-0.3, -0.25) is 9.20 Å². The first-order valence-electron chi connectivity index (χ1n) is 8.69. The number of fused-ring (bicyclic) bond motifs is 1. The van der Waals surface area contributed by atoms with Crippen molar-refractivity contribution >= 4 is 17.6 Å². The van der Waals surface area contributed by atoms with Crippen LogP contribution in [-0.4, -0.2) is 39.1 Å². The maximum Gasteiger partial charge on any atom is 0.247 e. The van der Waals surface area contributed by atoms with E-state index in [0.717, 1.165) is 42.2 Å². The highest BCUT2D eigenvalue weighted by molar-refractivity contribution is 5.92. The van der Waals surface area contributed by atoms with E-state index in [0.29, 0.717) is 0 Å². The van der Waals surface area contributed by atoms with Crippen LogP contribution in [0, 0.1) is 0 Å². The first-order valence-corrected chi connectivity index (χ1v) is 8.69. The van der Waals surface area contributed by atoms with Crippen molar-refractivity contribution in [3.63, 3.8) is 0 Å². The van der Waals surface area contributed by atoms with Gasteiger partial charge in [-0.1, -0.05) is 24.3 Å². The fourth-order valence-electron chi connectivity index (χ4n) is 3.45. The zero-order chi connectivity index (χ0) is 17.9. The van der Waals surface area contributed by atoms with Crippen molar-refractivity contribution in [1.29, 1.82) is 0 Å². The van der Waals surface area contributed by atoms with Gasteiger partial charge in [-0.25, -0.2) is 0 Å². The fourth-order valence-corrected chi connectivity index (χ4v) is 3.45. The smallest absolute Gasteiger partial charge is 0.247 e. The number of ether oxygens (including phenoxy) is 1. The molecule has 1 atom stereocenters. The molecule has 1 fully saturated rings. The van der Waals surface area contributed by atoms with Gasteiger partial charge < -0.3 is 9.64 Å². The maximum absolute atomic E-state index is 12.8. The molecule has 0 saturated carbocycles. The summed E-state index contributed by atoms with van der Waals surface area (Å²) >= 11 is 0. The number of carbonyl (C=O) groups excluding carboxylic acids is 1. The molecule has 6 nitrogen and oxygen atoms in total. The predicted octanol–water partition coefficient (Wildman–Crippen LogP) is 3.11. The number of likely N-dealkylation sites (tertiary alicyclic amines) is 1. The van der Waals surface area contributed by atoms with Gasteiger partial charge >= 0.3 is 0 Å². The number of para-hydroxylation sites is 1. The fraction of sp³-hybridized carbons (Fsp3) is 0.250. The zero-order valence-electron chi connectivity index (χ0n) is 14.6. The Labute approximate surface area is 151 Å². The quantitative estimate of drug-likeness (QED) is 0.680. The molecular weight excluding hydrogens is 328 g/mol. The lowest BCUT2D eigenvalue weighted by atomic mass is 10.1. The molecule has 1 saturated heterocycles. The number of hydrogen-bond acceptors (Lipinski definition) is 4.